The normalized spacial score (nSPS) is 15.9. The first-order valence-electron chi connectivity index (χ1n) is 9.04. The molecule has 0 radical (unpaired) electrons. The van der Waals surface area contributed by atoms with Gasteiger partial charge in [-0.2, -0.15) is 0 Å². The molecule has 1 aliphatic heterocycles. The number of hydrogen-bond acceptors (Lipinski definition) is 3. The number of benzene rings is 1. The second kappa shape index (κ2) is 8.48. The lowest BCUT2D eigenvalue weighted by atomic mass is 9.92. The number of aliphatic hydroxyl groups excluding tert-OH is 1. The molecule has 1 heterocycles. The van der Waals surface area contributed by atoms with Crippen LogP contribution in [0, 0.1) is 11.3 Å². The van der Waals surface area contributed by atoms with Crippen molar-refractivity contribution in [2.45, 2.75) is 46.5 Å². The van der Waals surface area contributed by atoms with Gasteiger partial charge in [0.15, 0.2) is 0 Å². The van der Waals surface area contributed by atoms with E-state index in [-0.39, 0.29) is 23.8 Å². The van der Waals surface area contributed by atoms with Crippen molar-refractivity contribution in [3.8, 4) is 0 Å². The highest BCUT2D eigenvalue weighted by atomic mass is 16.3. The number of hydrogen-bond donors (Lipinski definition) is 2. The van der Waals surface area contributed by atoms with Crippen molar-refractivity contribution in [3.05, 3.63) is 29.8 Å². The Bertz CT molecular complexity index is 582. The summed E-state index contributed by atoms with van der Waals surface area (Å²) in [6.45, 7) is 7.76. The van der Waals surface area contributed by atoms with Crippen LogP contribution in [0.15, 0.2) is 24.3 Å². The van der Waals surface area contributed by atoms with Gasteiger partial charge in [-0.05, 0) is 41.9 Å². The lowest BCUT2D eigenvalue weighted by Crippen LogP contribution is -2.40. The van der Waals surface area contributed by atoms with Crippen LogP contribution in [0.25, 0.3) is 0 Å². The van der Waals surface area contributed by atoms with E-state index >= 15 is 0 Å². The van der Waals surface area contributed by atoms with E-state index < -0.39 is 0 Å². The average molecular weight is 346 g/mol. The first-order valence-corrected chi connectivity index (χ1v) is 9.04. The molecule has 0 bridgehead atoms. The third-order valence-corrected chi connectivity index (χ3v) is 4.51. The van der Waals surface area contributed by atoms with E-state index in [4.69, 9.17) is 5.11 Å². The summed E-state index contributed by atoms with van der Waals surface area (Å²) >= 11 is 0. The van der Waals surface area contributed by atoms with Crippen LogP contribution in [-0.4, -0.2) is 41.5 Å². The molecule has 1 aromatic carbocycles. The Kier molecular flexibility index (Phi) is 6.59. The predicted octanol–water partition coefficient (Wildman–Crippen LogP) is 2.83. The van der Waals surface area contributed by atoms with Gasteiger partial charge in [-0.1, -0.05) is 32.9 Å². The largest absolute Gasteiger partial charge is 0.396 e. The zero-order chi connectivity index (χ0) is 18.4. The Balaban J connectivity index is 1.84. The minimum atomic E-state index is -0.0417. The first kappa shape index (κ1) is 19.4. The van der Waals surface area contributed by atoms with Crippen LogP contribution in [0.5, 0.6) is 0 Å². The molecular weight excluding hydrogens is 316 g/mol. The SMILES string of the molecule is CC(C)(C)CC(=O)Nc1ccc(CC(=O)N2CCC(CO)CC2)cc1. The number of aliphatic hydroxyl groups is 1. The molecule has 1 aliphatic rings. The lowest BCUT2D eigenvalue weighted by Gasteiger charge is -2.31. The number of nitrogens with one attached hydrogen (secondary N) is 1. The van der Waals surface area contributed by atoms with Gasteiger partial charge in [-0.3, -0.25) is 9.59 Å². The number of nitrogens with zero attached hydrogens (tertiary/aromatic N) is 1. The van der Waals surface area contributed by atoms with Crippen LogP contribution in [-0.2, 0) is 16.0 Å². The number of carbonyl (C=O) groups excluding carboxylic acids is 2. The fraction of sp³-hybridized carbons (Fsp3) is 0.600. The summed E-state index contributed by atoms with van der Waals surface area (Å²) in [5, 5.41) is 12.1. The summed E-state index contributed by atoms with van der Waals surface area (Å²) < 4.78 is 0. The van der Waals surface area contributed by atoms with E-state index in [2.05, 4.69) is 5.32 Å². The van der Waals surface area contributed by atoms with E-state index in [1.807, 2.05) is 49.9 Å². The zero-order valence-corrected chi connectivity index (χ0v) is 15.5. The molecule has 5 heteroatoms. The van der Waals surface area contributed by atoms with Gasteiger partial charge >= 0.3 is 0 Å². The van der Waals surface area contributed by atoms with Crippen molar-refractivity contribution in [1.29, 1.82) is 0 Å². The number of anilines is 1. The summed E-state index contributed by atoms with van der Waals surface area (Å²) in [7, 11) is 0. The van der Waals surface area contributed by atoms with Crippen molar-refractivity contribution in [1.82, 2.24) is 4.90 Å². The number of amides is 2. The predicted molar refractivity (Wildman–Crippen MR) is 99.2 cm³/mol. The highest BCUT2D eigenvalue weighted by Crippen LogP contribution is 2.20. The third-order valence-electron chi connectivity index (χ3n) is 4.51. The summed E-state index contributed by atoms with van der Waals surface area (Å²) in [5.74, 6) is 0.462. The van der Waals surface area contributed by atoms with E-state index in [0.717, 1.165) is 37.2 Å². The van der Waals surface area contributed by atoms with Crippen LogP contribution in [0.1, 0.15) is 45.6 Å². The molecule has 1 aromatic rings. The minimum absolute atomic E-state index is 0.00285. The molecule has 0 spiro atoms. The topological polar surface area (TPSA) is 69.6 Å². The van der Waals surface area contributed by atoms with E-state index in [0.29, 0.717) is 18.8 Å². The zero-order valence-electron chi connectivity index (χ0n) is 15.5. The van der Waals surface area contributed by atoms with Gasteiger partial charge in [0, 0.05) is 31.8 Å². The van der Waals surface area contributed by atoms with Gasteiger partial charge in [0.1, 0.15) is 0 Å². The fourth-order valence-electron chi connectivity index (χ4n) is 3.04. The lowest BCUT2D eigenvalue weighted by molar-refractivity contribution is -0.132. The first-order chi connectivity index (χ1) is 11.8. The molecule has 1 saturated heterocycles. The quantitative estimate of drug-likeness (QED) is 0.861. The third kappa shape index (κ3) is 6.50. The molecule has 138 valence electrons. The minimum Gasteiger partial charge on any atom is -0.396 e. The molecule has 0 atom stereocenters. The Hall–Kier alpha value is -1.88. The van der Waals surface area contributed by atoms with Gasteiger partial charge in [0.2, 0.25) is 11.8 Å². The van der Waals surface area contributed by atoms with E-state index in [1.54, 1.807) is 0 Å². The van der Waals surface area contributed by atoms with Gasteiger partial charge in [-0.15, -0.1) is 0 Å². The van der Waals surface area contributed by atoms with Crippen LogP contribution < -0.4 is 5.32 Å². The second-order valence-corrected chi connectivity index (χ2v) is 8.17. The fourth-order valence-corrected chi connectivity index (χ4v) is 3.04. The Morgan fingerprint density at radius 3 is 2.28 bits per heavy atom. The van der Waals surface area contributed by atoms with Crippen LogP contribution >= 0.6 is 0 Å². The van der Waals surface area contributed by atoms with Gasteiger partial charge in [0.05, 0.1) is 6.42 Å². The number of rotatable bonds is 5. The number of likely N-dealkylation sites (tertiary alicyclic amines) is 1. The number of carbonyl (C=O) groups is 2. The summed E-state index contributed by atoms with van der Waals surface area (Å²) in [4.78, 5) is 26.2. The van der Waals surface area contributed by atoms with E-state index in [9.17, 15) is 9.59 Å². The van der Waals surface area contributed by atoms with Crippen molar-refractivity contribution in [2.75, 3.05) is 25.0 Å². The summed E-state index contributed by atoms with van der Waals surface area (Å²) in [6, 6.07) is 7.48. The summed E-state index contributed by atoms with van der Waals surface area (Å²) in [6.07, 6.45) is 2.60. The molecule has 2 amide bonds. The van der Waals surface area contributed by atoms with Crippen LogP contribution in [0.4, 0.5) is 5.69 Å². The molecule has 0 saturated carbocycles. The average Bonchev–Trinajstić information content (AvgIpc) is 2.55. The molecule has 0 aliphatic carbocycles. The molecule has 25 heavy (non-hydrogen) atoms. The Morgan fingerprint density at radius 2 is 1.76 bits per heavy atom. The second-order valence-electron chi connectivity index (χ2n) is 8.17. The highest BCUT2D eigenvalue weighted by molar-refractivity contribution is 5.91. The van der Waals surface area contributed by atoms with Crippen molar-refractivity contribution in [3.63, 3.8) is 0 Å². The molecule has 5 nitrogen and oxygen atoms in total. The van der Waals surface area contributed by atoms with Gasteiger partial charge < -0.3 is 15.3 Å². The molecule has 2 N–H and O–H groups in total. The molecule has 2 rings (SSSR count). The molecular formula is C20H30N2O3. The van der Waals surface area contributed by atoms with Crippen LogP contribution in [0.2, 0.25) is 0 Å². The monoisotopic (exact) mass is 346 g/mol. The van der Waals surface area contributed by atoms with E-state index in [1.165, 1.54) is 0 Å². The molecule has 1 fully saturated rings. The maximum absolute atomic E-state index is 12.4. The maximum atomic E-state index is 12.4. The van der Waals surface area contributed by atoms with Crippen molar-refractivity contribution in [2.24, 2.45) is 11.3 Å². The Morgan fingerprint density at radius 1 is 1.16 bits per heavy atom. The van der Waals surface area contributed by atoms with Crippen LogP contribution in [0.3, 0.4) is 0 Å². The number of piperidine rings is 1. The maximum Gasteiger partial charge on any atom is 0.226 e. The molecule has 0 aromatic heterocycles. The Labute approximate surface area is 150 Å². The molecule has 0 unspecified atom stereocenters. The highest BCUT2D eigenvalue weighted by Gasteiger charge is 2.22. The standard InChI is InChI=1S/C20H30N2O3/c1-20(2,3)13-18(24)21-17-6-4-15(5-7-17)12-19(25)22-10-8-16(14-23)9-11-22/h4-7,16,23H,8-14H2,1-3H3,(H,21,24). The smallest absolute Gasteiger partial charge is 0.226 e. The van der Waals surface area contributed by atoms with Gasteiger partial charge in [-0.25, -0.2) is 0 Å². The van der Waals surface area contributed by atoms with Crippen molar-refractivity contribution >= 4 is 17.5 Å². The van der Waals surface area contributed by atoms with Gasteiger partial charge in [0.25, 0.3) is 0 Å². The van der Waals surface area contributed by atoms with Crippen molar-refractivity contribution < 1.29 is 14.7 Å². The summed E-state index contributed by atoms with van der Waals surface area (Å²) in [5.41, 5.74) is 1.66.